The normalized spacial score (nSPS) is 20.5. The average molecular weight is 472 g/mol. The van der Waals surface area contributed by atoms with E-state index in [1.54, 1.807) is 24.3 Å². The van der Waals surface area contributed by atoms with Gasteiger partial charge in [-0.2, -0.15) is 13.2 Å². The number of carbonyl (C=O) groups is 2. The molecule has 178 valence electrons. The third-order valence-electron chi connectivity index (χ3n) is 6.75. The van der Waals surface area contributed by atoms with Crippen LogP contribution in [0.1, 0.15) is 38.5 Å². The van der Waals surface area contributed by atoms with Crippen LogP contribution in [0.25, 0.3) is 22.2 Å². The Labute approximate surface area is 193 Å². The summed E-state index contributed by atoms with van der Waals surface area (Å²) in [5.74, 6) is -2.32. The number of phenolic OH excluding ortho intramolecular Hbond substituents is 1. The van der Waals surface area contributed by atoms with Crippen LogP contribution in [-0.4, -0.2) is 32.6 Å². The summed E-state index contributed by atoms with van der Waals surface area (Å²) in [5.41, 5.74) is -2.37. The summed E-state index contributed by atoms with van der Waals surface area (Å²) in [7, 11) is 0. The van der Waals surface area contributed by atoms with Crippen molar-refractivity contribution in [2.24, 2.45) is 5.92 Å². The molecule has 5 rings (SSSR count). The molecule has 3 aromatic rings. The van der Waals surface area contributed by atoms with Crippen LogP contribution < -0.4 is 10.6 Å². The molecule has 1 fully saturated rings. The van der Waals surface area contributed by atoms with Gasteiger partial charge in [0, 0.05) is 17.5 Å². The zero-order valence-corrected chi connectivity index (χ0v) is 18.2. The molecule has 0 radical (unpaired) electrons. The number of hydrogen-bond donors (Lipinski definition) is 3. The van der Waals surface area contributed by atoms with Crippen LogP contribution >= 0.6 is 0 Å². The quantitative estimate of drug-likeness (QED) is 0.503. The SMILES string of the molecule is O=C(CCC1CCCC1)NC1(C(F)(F)F)C(=O)Nc2nc3c(-c4ccccc4O)cccc3n21. The zero-order valence-electron chi connectivity index (χ0n) is 18.2. The third kappa shape index (κ3) is 3.39. The highest BCUT2D eigenvalue weighted by molar-refractivity contribution is 6.07. The molecule has 0 saturated heterocycles. The zero-order chi connectivity index (χ0) is 24.1. The molecule has 1 aromatic heterocycles. The number of carbonyl (C=O) groups excluding carboxylic acids is 2. The number of rotatable bonds is 5. The van der Waals surface area contributed by atoms with Crippen LogP contribution in [0, 0.1) is 5.92 Å². The standard InChI is InChI=1S/C24H23F3N4O3/c25-24(26,27)23(30-19(33)13-12-14-6-1-2-7-14)21(34)29-22-28-20-16(9-5-10-17(20)31(22)23)15-8-3-4-11-18(15)32/h3-5,8-11,14,32H,1-2,6-7,12-13H2,(H,30,33)(H,28,29,34). The number of fused-ring (bicyclic) bond motifs is 3. The van der Waals surface area contributed by atoms with E-state index in [0.29, 0.717) is 28.0 Å². The molecule has 0 bridgehead atoms. The monoisotopic (exact) mass is 472 g/mol. The van der Waals surface area contributed by atoms with Crippen LogP contribution in [0.15, 0.2) is 42.5 Å². The fraction of sp³-hybridized carbons (Fsp3) is 0.375. The summed E-state index contributed by atoms with van der Waals surface area (Å²) in [6.07, 6.45) is -0.704. The second-order valence-electron chi connectivity index (χ2n) is 8.86. The number of aromatic hydroxyl groups is 1. The summed E-state index contributed by atoms with van der Waals surface area (Å²) < 4.78 is 44.4. The lowest BCUT2D eigenvalue weighted by Gasteiger charge is -2.32. The predicted octanol–water partition coefficient (Wildman–Crippen LogP) is 4.66. The summed E-state index contributed by atoms with van der Waals surface area (Å²) in [6, 6.07) is 10.9. The first-order chi connectivity index (χ1) is 16.2. The topological polar surface area (TPSA) is 96.2 Å². The van der Waals surface area contributed by atoms with Crippen molar-refractivity contribution in [1.29, 1.82) is 0 Å². The maximum atomic E-state index is 14.6. The first-order valence-corrected chi connectivity index (χ1v) is 11.2. The summed E-state index contributed by atoms with van der Waals surface area (Å²) >= 11 is 0. The average Bonchev–Trinajstić information content (AvgIpc) is 3.49. The fourth-order valence-corrected chi connectivity index (χ4v) is 5.07. The van der Waals surface area contributed by atoms with E-state index in [4.69, 9.17) is 0 Å². The van der Waals surface area contributed by atoms with Crippen LogP contribution in [0.5, 0.6) is 5.75 Å². The van der Waals surface area contributed by atoms with Gasteiger partial charge in [-0.05, 0) is 24.5 Å². The molecule has 10 heteroatoms. The van der Waals surface area contributed by atoms with Gasteiger partial charge in [-0.15, -0.1) is 0 Å². The molecule has 1 aliphatic heterocycles. The van der Waals surface area contributed by atoms with Gasteiger partial charge >= 0.3 is 6.18 Å². The van der Waals surface area contributed by atoms with E-state index in [0.717, 1.165) is 25.7 Å². The Balaban J connectivity index is 1.59. The lowest BCUT2D eigenvalue weighted by atomic mass is 10.0. The number of anilines is 1. The maximum absolute atomic E-state index is 14.6. The van der Waals surface area contributed by atoms with Crippen molar-refractivity contribution in [3.63, 3.8) is 0 Å². The number of para-hydroxylation sites is 2. The second-order valence-corrected chi connectivity index (χ2v) is 8.86. The molecule has 1 atom stereocenters. The number of alkyl halides is 3. The molecule has 2 heterocycles. The number of hydrogen-bond acceptors (Lipinski definition) is 4. The second kappa shape index (κ2) is 8.03. The number of benzene rings is 2. The molecule has 3 N–H and O–H groups in total. The molecule has 1 aliphatic carbocycles. The Morgan fingerprint density at radius 1 is 1.15 bits per heavy atom. The molecule has 34 heavy (non-hydrogen) atoms. The fourth-order valence-electron chi connectivity index (χ4n) is 5.07. The van der Waals surface area contributed by atoms with E-state index in [1.165, 1.54) is 18.2 Å². The number of imidazole rings is 1. The molecular formula is C24H23F3N4O3. The number of aromatic nitrogens is 2. The first kappa shape index (κ1) is 22.2. The Kier molecular flexibility index (Phi) is 5.26. The van der Waals surface area contributed by atoms with Gasteiger partial charge in [-0.1, -0.05) is 56.0 Å². The van der Waals surface area contributed by atoms with Gasteiger partial charge in [-0.3, -0.25) is 19.5 Å². The van der Waals surface area contributed by atoms with E-state index in [9.17, 15) is 27.9 Å². The molecule has 0 spiro atoms. The summed E-state index contributed by atoms with van der Waals surface area (Å²) in [4.78, 5) is 29.7. The largest absolute Gasteiger partial charge is 0.507 e. The van der Waals surface area contributed by atoms with Crippen molar-refractivity contribution in [1.82, 2.24) is 14.9 Å². The van der Waals surface area contributed by atoms with Gasteiger partial charge in [0.1, 0.15) is 5.75 Å². The van der Waals surface area contributed by atoms with E-state index >= 15 is 0 Å². The van der Waals surface area contributed by atoms with E-state index < -0.39 is 23.7 Å². The highest BCUT2D eigenvalue weighted by atomic mass is 19.4. The van der Waals surface area contributed by atoms with Gasteiger partial charge in [0.2, 0.25) is 11.9 Å². The molecule has 7 nitrogen and oxygen atoms in total. The van der Waals surface area contributed by atoms with Crippen LogP contribution in [-0.2, 0) is 15.3 Å². The van der Waals surface area contributed by atoms with Gasteiger partial charge in [-0.25, -0.2) is 4.98 Å². The number of phenols is 1. The van der Waals surface area contributed by atoms with E-state index in [1.807, 2.05) is 5.32 Å². The van der Waals surface area contributed by atoms with E-state index in [-0.39, 0.29) is 29.2 Å². The maximum Gasteiger partial charge on any atom is 0.440 e. The smallest absolute Gasteiger partial charge is 0.440 e. The summed E-state index contributed by atoms with van der Waals surface area (Å²) in [5, 5.41) is 14.5. The summed E-state index contributed by atoms with van der Waals surface area (Å²) in [6.45, 7) is 0. The van der Waals surface area contributed by atoms with Crippen molar-refractivity contribution in [2.45, 2.75) is 50.4 Å². The number of nitrogens with one attached hydrogen (secondary N) is 2. The lowest BCUT2D eigenvalue weighted by molar-refractivity contribution is -0.217. The highest BCUT2D eigenvalue weighted by Crippen LogP contribution is 2.46. The Morgan fingerprint density at radius 2 is 1.85 bits per heavy atom. The van der Waals surface area contributed by atoms with E-state index in [2.05, 4.69) is 10.3 Å². The van der Waals surface area contributed by atoms with Crippen LogP contribution in [0.2, 0.25) is 0 Å². The number of amides is 2. The predicted molar refractivity (Wildman–Crippen MR) is 119 cm³/mol. The van der Waals surface area contributed by atoms with Gasteiger partial charge in [0.05, 0.1) is 11.0 Å². The van der Waals surface area contributed by atoms with Crippen LogP contribution in [0.4, 0.5) is 19.1 Å². The Bertz CT molecular complexity index is 1280. The number of halogens is 3. The van der Waals surface area contributed by atoms with Crippen molar-refractivity contribution in [2.75, 3.05) is 5.32 Å². The number of nitrogens with zero attached hydrogens (tertiary/aromatic N) is 2. The molecule has 1 saturated carbocycles. The third-order valence-corrected chi connectivity index (χ3v) is 6.75. The minimum absolute atomic E-state index is 0.00233. The lowest BCUT2D eigenvalue weighted by Crippen LogP contribution is -2.63. The molecule has 1 unspecified atom stereocenters. The van der Waals surface area contributed by atoms with Crippen molar-refractivity contribution in [3.05, 3.63) is 42.5 Å². The minimum atomic E-state index is -5.14. The van der Waals surface area contributed by atoms with Gasteiger partial charge in [0.25, 0.3) is 11.6 Å². The highest BCUT2D eigenvalue weighted by Gasteiger charge is 2.67. The van der Waals surface area contributed by atoms with Gasteiger partial charge < -0.3 is 10.4 Å². The van der Waals surface area contributed by atoms with Crippen LogP contribution in [0.3, 0.4) is 0 Å². The van der Waals surface area contributed by atoms with Crippen molar-refractivity contribution >= 4 is 28.8 Å². The Morgan fingerprint density at radius 3 is 2.56 bits per heavy atom. The van der Waals surface area contributed by atoms with Gasteiger partial charge in [0.15, 0.2) is 0 Å². The molecular weight excluding hydrogens is 449 g/mol. The minimum Gasteiger partial charge on any atom is -0.507 e. The Hall–Kier alpha value is -3.56. The van der Waals surface area contributed by atoms with Crippen molar-refractivity contribution < 1.29 is 27.9 Å². The first-order valence-electron chi connectivity index (χ1n) is 11.2. The molecule has 2 amide bonds. The molecule has 2 aromatic carbocycles. The molecule has 2 aliphatic rings. The van der Waals surface area contributed by atoms with Crippen molar-refractivity contribution in [3.8, 4) is 16.9 Å².